The molecule has 0 aliphatic rings. The average molecular weight is 216 g/mol. The highest BCUT2D eigenvalue weighted by Crippen LogP contribution is 2.14. The van der Waals surface area contributed by atoms with Gasteiger partial charge in [-0.1, -0.05) is 13.8 Å². The maximum absolute atomic E-state index is 11.0. The topological polar surface area (TPSA) is 52.6 Å². The largest absolute Gasteiger partial charge is 0.469 e. The molecule has 0 aromatic rings. The molecule has 0 aromatic carbocycles. The molecule has 0 heterocycles. The minimum Gasteiger partial charge on any atom is -0.469 e. The van der Waals surface area contributed by atoms with Gasteiger partial charge in [-0.25, -0.2) is 0 Å². The normalized spacial score (nSPS) is 14.1. The van der Waals surface area contributed by atoms with Gasteiger partial charge >= 0.3 is 11.9 Å². The molecule has 0 rings (SSSR count). The van der Waals surface area contributed by atoms with Crippen molar-refractivity contribution in [1.29, 1.82) is 0 Å². The number of carbonyl (C=O) groups is 2. The van der Waals surface area contributed by atoms with E-state index in [0.29, 0.717) is 19.3 Å². The molecule has 0 spiro atoms. The van der Waals surface area contributed by atoms with Crippen LogP contribution in [0.4, 0.5) is 0 Å². The molecule has 0 fully saturated rings. The zero-order chi connectivity index (χ0) is 11.8. The van der Waals surface area contributed by atoms with Crippen molar-refractivity contribution in [3.8, 4) is 0 Å². The third-order valence-electron chi connectivity index (χ3n) is 2.44. The molecule has 0 aliphatic heterocycles. The van der Waals surface area contributed by atoms with Crippen LogP contribution in [0.1, 0.15) is 40.0 Å². The van der Waals surface area contributed by atoms with Crippen LogP contribution in [-0.2, 0) is 19.1 Å². The van der Waals surface area contributed by atoms with Gasteiger partial charge in [-0.3, -0.25) is 9.59 Å². The SMILES string of the molecule is CCC(=O)OC(C)C(C)CCC(=O)OC. The lowest BCUT2D eigenvalue weighted by Gasteiger charge is -2.19. The summed E-state index contributed by atoms with van der Waals surface area (Å²) in [4.78, 5) is 21.9. The van der Waals surface area contributed by atoms with Crippen LogP contribution in [0.5, 0.6) is 0 Å². The average Bonchev–Trinajstić information content (AvgIpc) is 2.24. The summed E-state index contributed by atoms with van der Waals surface area (Å²) >= 11 is 0. The van der Waals surface area contributed by atoms with Gasteiger partial charge in [-0.05, 0) is 19.3 Å². The molecule has 0 amide bonds. The predicted molar refractivity (Wildman–Crippen MR) is 56.3 cm³/mol. The minimum absolute atomic E-state index is 0.151. The Morgan fingerprint density at radius 1 is 1.20 bits per heavy atom. The van der Waals surface area contributed by atoms with Crippen molar-refractivity contribution in [3.63, 3.8) is 0 Å². The Balaban J connectivity index is 3.83. The van der Waals surface area contributed by atoms with Crippen LogP contribution in [0.2, 0.25) is 0 Å². The third kappa shape index (κ3) is 6.10. The van der Waals surface area contributed by atoms with Crippen LogP contribution >= 0.6 is 0 Å². The molecular formula is C11H20O4. The fourth-order valence-corrected chi connectivity index (χ4v) is 1.09. The van der Waals surface area contributed by atoms with Crippen molar-refractivity contribution in [2.24, 2.45) is 5.92 Å². The van der Waals surface area contributed by atoms with Crippen LogP contribution in [0, 0.1) is 5.92 Å². The van der Waals surface area contributed by atoms with Crippen molar-refractivity contribution in [3.05, 3.63) is 0 Å². The van der Waals surface area contributed by atoms with Crippen LogP contribution in [0.25, 0.3) is 0 Å². The van der Waals surface area contributed by atoms with E-state index in [1.54, 1.807) is 6.92 Å². The van der Waals surface area contributed by atoms with Crippen molar-refractivity contribution in [2.45, 2.75) is 46.1 Å². The molecule has 0 aromatic heterocycles. The Labute approximate surface area is 90.9 Å². The molecular weight excluding hydrogens is 196 g/mol. The summed E-state index contributed by atoms with van der Waals surface area (Å²) in [6.45, 7) is 5.56. The first kappa shape index (κ1) is 13.9. The summed E-state index contributed by atoms with van der Waals surface area (Å²) in [7, 11) is 1.37. The Morgan fingerprint density at radius 3 is 2.27 bits per heavy atom. The highest BCUT2D eigenvalue weighted by atomic mass is 16.5. The summed E-state index contributed by atoms with van der Waals surface area (Å²) in [5.41, 5.74) is 0. The van der Waals surface area contributed by atoms with Crippen molar-refractivity contribution in [1.82, 2.24) is 0 Å². The Kier molecular flexibility index (Phi) is 6.75. The Morgan fingerprint density at radius 2 is 1.80 bits per heavy atom. The van der Waals surface area contributed by atoms with Gasteiger partial charge in [0.1, 0.15) is 6.10 Å². The zero-order valence-electron chi connectivity index (χ0n) is 9.91. The van der Waals surface area contributed by atoms with E-state index in [4.69, 9.17) is 4.74 Å². The van der Waals surface area contributed by atoms with Crippen molar-refractivity contribution >= 4 is 11.9 Å². The molecule has 4 nitrogen and oxygen atoms in total. The van der Waals surface area contributed by atoms with Crippen LogP contribution < -0.4 is 0 Å². The molecule has 0 radical (unpaired) electrons. The van der Waals surface area contributed by atoms with Gasteiger partial charge in [0.05, 0.1) is 7.11 Å². The summed E-state index contributed by atoms with van der Waals surface area (Å²) < 4.78 is 9.67. The van der Waals surface area contributed by atoms with Crippen LogP contribution in [0.15, 0.2) is 0 Å². The fraction of sp³-hybridized carbons (Fsp3) is 0.818. The number of carbonyl (C=O) groups excluding carboxylic acids is 2. The lowest BCUT2D eigenvalue weighted by atomic mass is 10.0. The Hall–Kier alpha value is -1.06. The number of methoxy groups -OCH3 is 1. The monoisotopic (exact) mass is 216 g/mol. The molecule has 2 unspecified atom stereocenters. The van der Waals surface area contributed by atoms with Crippen molar-refractivity contribution < 1.29 is 19.1 Å². The molecule has 15 heavy (non-hydrogen) atoms. The van der Waals surface area contributed by atoms with E-state index in [1.165, 1.54) is 7.11 Å². The van der Waals surface area contributed by atoms with E-state index < -0.39 is 0 Å². The summed E-state index contributed by atoms with van der Waals surface area (Å²) in [6.07, 6.45) is 1.27. The van der Waals surface area contributed by atoms with Gasteiger partial charge in [0.15, 0.2) is 0 Å². The fourth-order valence-electron chi connectivity index (χ4n) is 1.09. The second kappa shape index (κ2) is 7.26. The highest BCUT2D eigenvalue weighted by Gasteiger charge is 2.17. The van der Waals surface area contributed by atoms with Gasteiger partial charge in [0.2, 0.25) is 0 Å². The molecule has 0 saturated carbocycles. The number of ether oxygens (including phenoxy) is 2. The maximum Gasteiger partial charge on any atom is 0.305 e. The number of rotatable bonds is 6. The minimum atomic E-state index is -0.226. The summed E-state index contributed by atoms with van der Waals surface area (Å²) in [6, 6.07) is 0. The lowest BCUT2D eigenvalue weighted by Crippen LogP contribution is -2.22. The molecule has 4 heteroatoms. The van der Waals surface area contributed by atoms with E-state index >= 15 is 0 Å². The van der Waals surface area contributed by atoms with Crippen LogP contribution in [0.3, 0.4) is 0 Å². The first-order valence-electron chi connectivity index (χ1n) is 5.27. The van der Waals surface area contributed by atoms with Crippen LogP contribution in [-0.4, -0.2) is 25.2 Å². The second-order valence-corrected chi connectivity index (χ2v) is 3.64. The molecule has 0 bridgehead atoms. The van der Waals surface area contributed by atoms with E-state index in [2.05, 4.69) is 4.74 Å². The molecule has 88 valence electrons. The van der Waals surface area contributed by atoms with Gasteiger partial charge < -0.3 is 9.47 Å². The quantitative estimate of drug-likeness (QED) is 0.636. The number of hydrogen-bond acceptors (Lipinski definition) is 4. The predicted octanol–water partition coefficient (Wildman–Crippen LogP) is 1.92. The standard InChI is InChI=1S/C11H20O4/c1-5-10(12)15-9(3)8(2)6-7-11(13)14-4/h8-9H,5-7H2,1-4H3. The van der Waals surface area contributed by atoms with Crippen molar-refractivity contribution in [2.75, 3.05) is 7.11 Å². The molecule has 2 atom stereocenters. The zero-order valence-corrected chi connectivity index (χ0v) is 9.91. The van der Waals surface area contributed by atoms with E-state index in [-0.39, 0.29) is 24.0 Å². The Bertz CT molecular complexity index is 213. The van der Waals surface area contributed by atoms with Gasteiger partial charge in [-0.2, -0.15) is 0 Å². The first-order chi connectivity index (χ1) is 7.01. The highest BCUT2D eigenvalue weighted by molar-refractivity contribution is 5.69. The molecule has 0 aliphatic carbocycles. The number of hydrogen-bond donors (Lipinski definition) is 0. The van der Waals surface area contributed by atoms with E-state index in [9.17, 15) is 9.59 Å². The summed E-state index contributed by atoms with van der Waals surface area (Å²) in [5.74, 6) is -0.261. The van der Waals surface area contributed by atoms with Gasteiger partial charge in [0, 0.05) is 12.8 Å². The first-order valence-corrected chi connectivity index (χ1v) is 5.27. The summed E-state index contributed by atoms with van der Waals surface area (Å²) in [5, 5.41) is 0. The maximum atomic E-state index is 11.0. The van der Waals surface area contributed by atoms with E-state index in [1.807, 2.05) is 13.8 Å². The smallest absolute Gasteiger partial charge is 0.305 e. The molecule has 0 N–H and O–H groups in total. The lowest BCUT2D eigenvalue weighted by molar-refractivity contribution is -0.150. The van der Waals surface area contributed by atoms with Gasteiger partial charge in [-0.15, -0.1) is 0 Å². The second-order valence-electron chi connectivity index (χ2n) is 3.64. The third-order valence-corrected chi connectivity index (χ3v) is 2.44. The number of esters is 2. The van der Waals surface area contributed by atoms with Gasteiger partial charge in [0.25, 0.3) is 0 Å². The molecule has 0 saturated heterocycles. The van der Waals surface area contributed by atoms with E-state index in [0.717, 1.165) is 0 Å².